The van der Waals surface area contributed by atoms with E-state index in [9.17, 15) is 5.11 Å². The summed E-state index contributed by atoms with van der Waals surface area (Å²) in [5, 5.41) is 17.0. The number of aromatic nitrogens is 5. The summed E-state index contributed by atoms with van der Waals surface area (Å²) in [6, 6.07) is 0. The van der Waals surface area contributed by atoms with Gasteiger partial charge in [-0.2, -0.15) is 0 Å². The van der Waals surface area contributed by atoms with E-state index in [1.165, 1.54) is 0 Å². The van der Waals surface area contributed by atoms with Crippen LogP contribution in [0, 0.1) is 0 Å². The summed E-state index contributed by atoms with van der Waals surface area (Å²) in [5.41, 5.74) is 0.598. The fraction of sp³-hybridized carbons (Fsp3) is 0.444. The van der Waals surface area contributed by atoms with Crippen LogP contribution in [0.25, 0.3) is 0 Å². The molecule has 0 aliphatic rings. The molecule has 0 radical (unpaired) electrons. The van der Waals surface area contributed by atoms with Crippen LogP contribution in [0.2, 0.25) is 0 Å². The molecule has 0 saturated carbocycles. The highest BCUT2D eigenvalue weighted by molar-refractivity contribution is 4.95. The fourth-order valence-electron chi connectivity index (χ4n) is 1.25. The van der Waals surface area contributed by atoms with Gasteiger partial charge in [-0.3, -0.25) is 4.68 Å². The van der Waals surface area contributed by atoms with Crippen molar-refractivity contribution in [2.75, 3.05) is 0 Å². The number of hydrogen-bond donors (Lipinski definition) is 1. The molecule has 0 aliphatic heterocycles. The van der Waals surface area contributed by atoms with Crippen molar-refractivity contribution >= 4 is 0 Å². The van der Waals surface area contributed by atoms with Crippen LogP contribution in [-0.4, -0.2) is 29.7 Å². The van der Waals surface area contributed by atoms with Crippen LogP contribution < -0.4 is 0 Å². The van der Waals surface area contributed by atoms with Crippen molar-refractivity contribution in [1.29, 1.82) is 0 Å². The van der Waals surface area contributed by atoms with Gasteiger partial charge in [0, 0.05) is 18.9 Å². The van der Waals surface area contributed by atoms with Crippen molar-refractivity contribution in [3.8, 4) is 0 Å². The van der Waals surface area contributed by atoms with Crippen molar-refractivity contribution in [1.82, 2.24) is 24.5 Å². The molecule has 0 saturated heterocycles. The van der Waals surface area contributed by atoms with Gasteiger partial charge in [-0.1, -0.05) is 5.21 Å². The van der Waals surface area contributed by atoms with Crippen molar-refractivity contribution in [2.24, 2.45) is 0 Å². The minimum absolute atomic E-state index is 0.563. The van der Waals surface area contributed by atoms with E-state index in [2.05, 4.69) is 15.3 Å². The first-order valence-corrected chi connectivity index (χ1v) is 4.79. The maximum absolute atomic E-state index is 9.26. The van der Waals surface area contributed by atoms with Gasteiger partial charge in [0.15, 0.2) is 0 Å². The van der Waals surface area contributed by atoms with Gasteiger partial charge in [-0.25, -0.2) is 4.98 Å². The molecule has 2 aromatic heterocycles. The molecule has 6 nitrogen and oxygen atoms in total. The van der Waals surface area contributed by atoms with Crippen molar-refractivity contribution in [3.05, 3.63) is 30.6 Å². The third-order valence-corrected chi connectivity index (χ3v) is 2.13. The summed E-state index contributed by atoms with van der Waals surface area (Å²) >= 11 is 0. The van der Waals surface area contributed by atoms with E-state index in [1.54, 1.807) is 30.3 Å². The smallest absolute Gasteiger partial charge is 0.111 e. The zero-order valence-electron chi connectivity index (χ0n) is 8.48. The maximum atomic E-state index is 9.26. The summed E-state index contributed by atoms with van der Waals surface area (Å²) in [5.74, 6) is 0. The van der Waals surface area contributed by atoms with Crippen LogP contribution in [0.5, 0.6) is 0 Å². The molecule has 80 valence electrons. The largest absolute Gasteiger partial charge is 0.387 e. The molecule has 0 aromatic carbocycles. The Balaban J connectivity index is 1.94. The van der Waals surface area contributed by atoms with Gasteiger partial charge in [0.05, 0.1) is 25.2 Å². The lowest BCUT2D eigenvalue weighted by molar-refractivity contribution is 0.194. The Morgan fingerprint density at radius 2 is 2.33 bits per heavy atom. The second kappa shape index (κ2) is 4.22. The lowest BCUT2D eigenvalue weighted by Crippen LogP contribution is -2.06. The van der Waals surface area contributed by atoms with Gasteiger partial charge >= 0.3 is 0 Å². The van der Waals surface area contributed by atoms with E-state index in [-0.39, 0.29) is 0 Å². The molecule has 15 heavy (non-hydrogen) atoms. The molecule has 0 amide bonds. The third kappa shape index (κ3) is 2.41. The number of aliphatic hydroxyl groups is 1. The van der Waals surface area contributed by atoms with E-state index in [0.29, 0.717) is 5.69 Å². The quantitative estimate of drug-likeness (QED) is 0.779. The highest BCUT2D eigenvalue weighted by Gasteiger charge is 2.05. The standard InChI is InChI=1S/C9H13N5O/c1-8(15)9-6-14(12-11-9)5-4-13-3-2-10-7-13/h2-3,6-8,15H,4-5H2,1H3. The van der Waals surface area contributed by atoms with E-state index in [4.69, 9.17) is 0 Å². The molecule has 1 atom stereocenters. The van der Waals surface area contributed by atoms with E-state index < -0.39 is 6.10 Å². The minimum atomic E-state index is -0.563. The number of rotatable bonds is 4. The maximum Gasteiger partial charge on any atom is 0.111 e. The first-order chi connectivity index (χ1) is 7.25. The molecule has 2 heterocycles. The number of imidazole rings is 1. The van der Waals surface area contributed by atoms with Crippen molar-refractivity contribution < 1.29 is 5.11 Å². The molecule has 0 spiro atoms. The second-order valence-electron chi connectivity index (χ2n) is 3.38. The molecule has 1 unspecified atom stereocenters. The lowest BCUT2D eigenvalue weighted by Gasteiger charge is -2.01. The number of aryl methyl sites for hydroxylation is 2. The first kappa shape index (κ1) is 9.85. The monoisotopic (exact) mass is 207 g/mol. The Morgan fingerprint density at radius 3 is 2.93 bits per heavy atom. The Hall–Kier alpha value is -1.69. The van der Waals surface area contributed by atoms with Gasteiger partial charge in [0.25, 0.3) is 0 Å². The molecule has 1 N–H and O–H groups in total. The zero-order chi connectivity index (χ0) is 10.7. The van der Waals surface area contributed by atoms with Crippen LogP contribution in [0.1, 0.15) is 18.7 Å². The molecule has 6 heteroatoms. The van der Waals surface area contributed by atoms with E-state index in [0.717, 1.165) is 13.1 Å². The van der Waals surface area contributed by atoms with E-state index >= 15 is 0 Å². The zero-order valence-corrected chi connectivity index (χ0v) is 8.48. The van der Waals surface area contributed by atoms with Crippen LogP contribution in [0.3, 0.4) is 0 Å². The van der Waals surface area contributed by atoms with Crippen LogP contribution in [0.15, 0.2) is 24.9 Å². The molecule has 0 bridgehead atoms. The average Bonchev–Trinajstić information content (AvgIpc) is 2.86. The number of hydrogen-bond acceptors (Lipinski definition) is 4. The summed E-state index contributed by atoms with van der Waals surface area (Å²) in [6.07, 6.45) is 6.58. The van der Waals surface area contributed by atoms with Crippen molar-refractivity contribution in [3.63, 3.8) is 0 Å². The van der Waals surface area contributed by atoms with Crippen LogP contribution >= 0.6 is 0 Å². The van der Waals surface area contributed by atoms with Gasteiger partial charge in [0.2, 0.25) is 0 Å². The van der Waals surface area contributed by atoms with Gasteiger partial charge in [0.1, 0.15) is 5.69 Å². The molecular weight excluding hydrogens is 194 g/mol. The normalized spacial score (nSPS) is 12.9. The van der Waals surface area contributed by atoms with Gasteiger partial charge in [-0.15, -0.1) is 5.10 Å². The Kier molecular flexibility index (Phi) is 2.77. The van der Waals surface area contributed by atoms with Crippen LogP contribution in [0.4, 0.5) is 0 Å². The highest BCUT2D eigenvalue weighted by atomic mass is 16.3. The molecule has 0 fully saturated rings. The van der Waals surface area contributed by atoms with Gasteiger partial charge < -0.3 is 9.67 Å². The highest BCUT2D eigenvalue weighted by Crippen LogP contribution is 2.06. The summed E-state index contributed by atoms with van der Waals surface area (Å²) in [7, 11) is 0. The topological polar surface area (TPSA) is 68.8 Å². The average molecular weight is 207 g/mol. The SMILES string of the molecule is CC(O)c1cn(CCn2ccnc2)nn1. The Bertz CT molecular complexity index is 406. The summed E-state index contributed by atoms with van der Waals surface area (Å²) in [6.45, 7) is 3.18. The molecule has 2 rings (SSSR count). The first-order valence-electron chi connectivity index (χ1n) is 4.79. The van der Waals surface area contributed by atoms with Gasteiger partial charge in [-0.05, 0) is 6.92 Å². The minimum Gasteiger partial charge on any atom is -0.387 e. The summed E-state index contributed by atoms with van der Waals surface area (Å²) in [4.78, 5) is 3.95. The molecule has 2 aromatic rings. The Morgan fingerprint density at radius 1 is 1.47 bits per heavy atom. The number of nitrogens with zero attached hydrogens (tertiary/aromatic N) is 5. The number of aliphatic hydroxyl groups excluding tert-OH is 1. The second-order valence-corrected chi connectivity index (χ2v) is 3.38. The molecule has 0 aliphatic carbocycles. The van der Waals surface area contributed by atoms with Crippen molar-refractivity contribution in [2.45, 2.75) is 26.1 Å². The summed E-state index contributed by atoms with van der Waals surface area (Å²) < 4.78 is 3.67. The Labute approximate surface area is 87.2 Å². The molecular formula is C9H13N5O. The predicted octanol–water partition coefficient (Wildman–Crippen LogP) is 0.228. The fourth-order valence-corrected chi connectivity index (χ4v) is 1.25. The van der Waals surface area contributed by atoms with E-state index in [1.807, 2.05) is 10.8 Å². The van der Waals surface area contributed by atoms with Crippen LogP contribution in [-0.2, 0) is 13.1 Å². The predicted molar refractivity (Wildman–Crippen MR) is 52.9 cm³/mol. The third-order valence-electron chi connectivity index (χ3n) is 2.13. The lowest BCUT2D eigenvalue weighted by atomic mass is 10.3.